The van der Waals surface area contributed by atoms with Crippen molar-refractivity contribution in [3.8, 4) is 0 Å². The topological polar surface area (TPSA) is 24.5 Å². The van der Waals surface area contributed by atoms with Gasteiger partial charge in [-0.2, -0.15) is 0 Å². The Hall–Kier alpha value is -0.420. The van der Waals surface area contributed by atoms with Crippen molar-refractivity contribution < 1.29 is 4.74 Å². The number of morpholine rings is 1. The zero-order chi connectivity index (χ0) is 13.5. The SMILES string of the molecule is CC(NCCCN1CCOCC1)c1ccccc1Br. The van der Waals surface area contributed by atoms with Gasteiger partial charge in [0.05, 0.1) is 13.2 Å². The van der Waals surface area contributed by atoms with E-state index in [4.69, 9.17) is 4.74 Å². The van der Waals surface area contributed by atoms with Crippen molar-refractivity contribution in [2.24, 2.45) is 0 Å². The molecule has 1 aliphatic heterocycles. The van der Waals surface area contributed by atoms with Gasteiger partial charge in [-0.25, -0.2) is 0 Å². The molecule has 0 aromatic heterocycles. The van der Waals surface area contributed by atoms with E-state index in [2.05, 4.69) is 57.3 Å². The minimum atomic E-state index is 0.389. The maximum atomic E-state index is 5.35. The van der Waals surface area contributed by atoms with Crippen molar-refractivity contribution in [1.29, 1.82) is 0 Å². The van der Waals surface area contributed by atoms with Gasteiger partial charge in [0.2, 0.25) is 0 Å². The lowest BCUT2D eigenvalue weighted by Crippen LogP contribution is -2.37. The van der Waals surface area contributed by atoms with Gasteiger partial charge in [0.1, 0.15) is 0 Å². The van der Waals surface area contributed by atoms with Gasteiger partial charge in [-0.05, 0) is 38.1 Å². The third-order valence-electron chi connectivity index (χ3n) is 3.58. The summed E-state index contributed by atoms with van der Waals surface area (Å²) in [6.45, 7) is 8.38. The lowest BCUT2D eigenvalue weighted by molar-refractivity contribution is 0.0374. The second kappa shape index (κ2) is 8.00. The Labute approximate surface area is 124 Å². The van der Waals surface area contributed by atoms with Crippen LogP contribution in [0.4, 0.5) is 0 Å². The number of ether oxygens (including phenoxy) is 1. The quantitative estimate of drug-likeness (QED) is 0.813. The third-order valence-corrected chi connectivity index (χ3v) is 4.30. The van der Waals surface area contributed by atoms with Crippen LogP contribution >= 0.6 is 15.9 Å². The smallest absolute Gasteiger partial charge is 0.0594 e. The van der Waals surface area contributed by atoms with Gasteiger partial charge in [-0.1, -0.05) is 34.1 Å². The van der Waals surface area contributed by atoms with Crippen molar-refractivity contribution in [2.45, 2.75) is 19.4 Å². The molecule has 1 unspecified atom stereocenters. The molecular weight excluding hydrogens is 304 g/mol. The van der Waals surface area contributed by atoms with Crippen LogP contribution in [0.1, 0.15) is 24.9 Å². The first kappa shape index (κ1) is 15.0. The van der Waals surface area contributed by atoms with Gasteiger partial charge in [0, 0.05) is 23.6 Å². The first-order valence-corrected chi connectivity index (χ1v) is 7.84. The molecule has 1 aliphatic rings. The van der Waals surface area contributed by atoms with E-state index in [-0.39, 0.29) is 0 Å². The molecular formula is C15H23BrN2O. The summed E-state index contributed by atoms with van der Waals surface area (Å²) >= 11 is 3.61. The van der Waals surface area contributed by atoms with Crippen LogP contribution in [0.3, 0.4) is 0 Å². The molecule has 3 nitrogen and oxygen atoms in total. The second-order valence-electron chi connectivity index (χ2n) is 5.00. The van der Waals surface area contributed by atoms with Gasteiger partial charge in [0.25, 0.3) is 0 Å². The maximum absolute atomic E-state index is 5.35. The number of hydrogen-bond acceptors (Lipinski definition) is 3. The van der Waals surface area contributed by atoms with Crippen molar-refractivity contribution >= 4 is 15.9 Å². The third kappa shape index (κ3) is 4.88. The predicted octanol–water partition coefficient (Wildman–Crippen LogP) is 2.82. The van der Waals surface area contributed by atoms with Gasteiger partial charge < -0.3 is 10.1 Å². The summed E-state index contributed by atoms with van der Waals surface area (Å²) in [4.78, 5) is 2.48. The summed E-state index contributed by atoms with van der Waals surface area (Å²) in [5.74, 6) is 0. The maximum Gasteiger partial charge on any atom is 0.0594 e. The van der Waals surface area contributed by atoms with E-state index in [1.807, 2.05) is 0 Å². The van der Waals surface area contributed by atoms with Crippen LogP contribution in [0.5, 0.6) is 0 Å². The van der Waals surface area contributed by atoms with Crippen molar-refractivity contribution in [3.63, 3.8) is 0 Å². The molecule has 0 radical (unpaired) electrons. The molecule has 1 N–H and O–H groups in total. The molecule has 0 bridgehead atoms. The zero-order valence-electron chi connectivity index (χ0n) is 11.6. The van der Waals surface area contributed by atoms with Crippen LogP contribution in [0.2, 0.25) is 0 Å². The average molecular weight is 327 g/mol. The van der Waals surface area contributed by atoms with Crippen molar-refractivity contribution in [3.05, 3.63) is 34.3 Å². The largest absolute Gasteiger partial charge is 0.379 e. The second-order valence-corrected chi connectivity index (χ2v) is 5.86. The van der Waals surface area contributed by atoms with E-state index < -0.39 is 0 Å². The van der Waals surface area contributed by atoms with Crippen LogP contribution in [-0.4, -0.2) is 44.3 Å². The van der Waals surface area contributed by atoms with Gasteiger partial charge >= 0.3 is 0 Å². The Morgan fingerprint density at radius 3 is 2.79 bits per heavy atom. The van der Waals surface area contributed by atoms with Crippen LogP contribution < -0.4 is 5.32 Å². The Kier molecular flexibility index (Phi) is 6.31. The zero-order valence-corrected chi connectivity index (χ0v) is 13.2. The highest BCUT2D eigenvalue weighted by Crippen LogP contribution is 2.22. The van der Waals surface area contributed by atoms with Crippen molar-refractivity contribution in [2.75, 3.05) is 39.4 Å². The fourth-order valence-electron chi connectivity index (χ4n) is 2.38. The number of nitrogens with zero attached hydrogens (tertiary/aromatic N) is 1. The average Bonchev–Trinajstić information content (AvgIpc) is 2.45. The van der Waals surface area contributed by atoms with E-state index in [0.29, 0.717) is 6.04 Å². The molecule has 1 fully saturated rings. The summed E-state index contributed by atoms with van der Waals surface area (Å²) in [5, 5.41) is 3.59. The molecule has 1 heterocycles. The van der Waals surface area contributed by atoms with E-state index in [0.717, 1.165) is 32.8 Å². The Morgan fingerprint density at radius 2 is 2.05 bits per heavy atom. The summed E-state index contributed by atoms with van der Waals surface area (Å²) in [6, 6.07) is 8.80. The summed E-state index contributed by atoms with van der Waals surface area (Å²) in [6.07, 6.45) is 1.19. The predicted molar refractivity (Wildman–Crippen MR) is 82.4 cm³/mol. The number of rotatable bonds is 6. The molecule has 1 atom stereocenters. The van der Waals surface area contributed by atoms with Crippen LogP contribution in [-0.2, 0) is 4.74 Å². The molecule has 2 rings (SSSR count). The molecule has 1 aromatic rings. The first-order valence-electron chi connectivity index (χ1n) is 7.05. The van der Waals surface area contributed by atoms with Crippen LogP contribution in [0.25, 0.3) is 0 Å². The summed E-state index contributed by atoms with van der Waals surface area (Å²) < 4.78 is 6.54. The minimum Gasteiger partial charge on any atom is -0.379 e. The number of hydrogen-bond donors (Lipinski definition) is 1. The molecule has 0 spiro atoms. The summed E-state index contributed by atoms with van der Waals surface area (Å²) in [7, 11) is 0. The highest BCUT2D eigenvalue weighted by atomic mass is 79.9. The van der Waals surface area contributed by atoms with E-state index in [1.54, 1.807) is 0 Å². The molecule has 106 valence electrons. The number of nitrogens with one attached hydrogen (secondary N) is 1. The Morgan fingerprint density at radius 1 is 1.32 bits per heavy atom. The molecule has 4 heteroatoms. The summed E-state index contributed by atoms with van der Waals surface area (Å²) in [5.41, 5.74) is 1.33. The first-order chi connectivity index (χ1) is 9.27. The molecule has 0 saturated carbocycles. The van der Waals surface area contributed by atoms with E-state index in [9.17, 15) is 0 Å². The van der Waals surface area contributed by atoms with E-state index >= 15 is 0 Å². The van der Waals surface area contributed by atoms with Crippen molar-refractivity contribution in [1.82, 2.24) is 10.2 Å². The standard InChI is InChI=1S/C15H23BrN2O/c1-13(14-5-2-3-6-15(14)16)17-7-4-8-18-9-11-19-12-10-18/h2-3,5-6,13,17H,4,7-12H2,1H3. The fraction of sp³-hybridized carbons (Fsp3) is 0.600. The van der Waals surface area contributed by atoms with Gasteiger partial charge in [0.15, 0.2) is 0 Å². The highest BCUT2D eigenvalue weighted by Gasteiger charge is 2.10. The Balaban J connectivity index is 1.66. The van der Waals surface area contributed by atoms with Gasteiger partial charge in [-0.15, -0.1) is 0 Å². The normalized spacial score (nSPS) is 18.4. The molecule has 19 heavy (non-hydrogen) atoms. The monoisotopic (exact) mass is 326 g/mol. The molecule has 0 aliphatic carbocycles. The van der Waals surface area contributed by atoms with Crippen LogP contribution in [0.15, 0.2) is 28.7 Å². The fourth-order valence-corrected chi connectivity index (χ4v) is 3.01. The van der Waals surface area contributed by atoms with Crippen LogP contribution in [0, 0.1) is 0 Å². The molecule has 1 aromatic carbocycles. The van der Waals surface area contributed by atoms with Gasteiger partial charge in [-0.3, -0.25) is 4.90 Å². The van der Waals surface area contributed by atoms with E-state index in [1.165, 1.54) is 23.0 Å². The Bertz CT molecular complexity index is 380. The molecule has 0 amide bonds. The minimum absolute atomic E-state index is 0.389. The lowest BCUT2D eigenvalue weighted by atomic mass is 10.1. The number of benzene rings is 1. The lowest BCUT2D eigenvalue weighted by Gasteiger charge is -2.26. The molecule has 1 saturated heterocycles. The number of halogens is 1. The highest BCUT2D eigenvalue weighted by molar-refractivity contribution is 9.10.